The summed E-state index contributed by atoms with van der Waals surface area (Å²) in [4.78, 5) is 6.00. The first kappa shape index (κ1) is 11.4. The van der Waals surface area contributed by atoms with Crippen LogP contribution in [0.15, 0.2) is 0 Å². The first-order valence-corrected chi connectivity index (χ1v) is 6.64. The molecular weight excluding hydrogens is 186 g/mol. The van der Waals surface area contributed by atoms with E-state index in [4.69, 9.17) is 4.84 Å². The second-order valence-electron chi connectivity index (χ2n) is 5.34. The van der Waals surface area contributed by atoms with Crippen LogP contribution in [0.5, 0.6) is 0 Å². The summed E-state index contributed by atoms with van der Waals surface area (Å²) < 4.78 is 0. The molecule has 2 fully saturated rings. The molecule has 1 aliphatic carbocycles. The van der Waals surface area contributed by atoms with Crippen molar-refractivity contribution in [2.75, 3.05) is 13.6 Å². The number of hydrogen-bond donors (Lipinski definition) is 0. The Bertz CT molecular complexity index is 207. The molecule has 0 aromatic heterocycles. The summed E-state index contributed by atoms with van der Waals surface area (Å²) in [6.45, 7) is 5.79. The van der Waals surface area contributed by atoms with Gasteiger partial charge >= 0.3 is 0 Å². The van der Waals surface area contributed by atoms with Gasteiger partial charge in [0.05, 0.1) is 6.10 Å². The molecule has 0 aromatic carbocycles. The maximum absolute atomic E-state index is 6.00. The van der Waals surface area contributed by atoms with Crippen LogP contribution in [0.3, 0.4) is 0 Å². The number of hydrogen-bond acceptors (Lipinski definition) is 2. The van der Waals surface area contributed by atoms with Gasteiger partial charge in [0, 0.05) is 19.5 Å². The van der Waals surface area contributed by atoms with Crippen molar-refractivity contribution in [1.29, 1.82) is 0 Å². The fraction of sp³-hybridized carbons (Fsp3) is 1.00. The third-order valence-corrected chi connectivity index (χ3v) is 4.34. The van der Waals surface area contributed by atoms with Crippen molar-refractivity contribution in [2.45, 2.75) is 52.1 Å². The van der Waals surface area contributed by atoms with Crippen LogP contribution in [-0.4, -0.2) is 24.8 Å². The zero-order valence-corrected chi connectivity index (χ0v) is 10.4. The maximum atomic E-state index is 6.00. The molecule has 2 heteroatoms. The molecule has 15 heavy (non-hydrogen) atoms. The third kappa shape index (κ3) is 2.21. The highest BCUT2D eigenvalue weighted by molar-refractivity contribution is 4.90. The predicted octanol–water partition coefficient (Wildman–Crippen LogP) is 3.08. The maximum Gasteiger partial charge on any atom is 0.0864 e. The van der Waals surface area contributed by atoms with E-state index >= 15 is 0 Å². The molecule has 0 amide bonds. The average molecular weight is 211 g/mol. The van der Waals surface area contributed by atoms with Crippen molar-refractivity contribution < 1.29 is 4.84 Å². The van der Waals surface area contributed by atoms with Crippen LogP contribution in [0.25, 0.3) is 0 Å². The van der Waals surface area contributed by atoms with Gasteiger partial charge in [-0.15, -0.1) is 0 Å². The molecule has 88 valence electrons. The average Bonchev–Trinajstić information content (AvgIpc) is 2.60. The van der Waals surface area contributed by atoms with E-state index in [1.165, 1.54) is 32.1 Å². The Balaban J connectivity index is 2.05. The van der Waals surface area contributed by atoms with Crippen molar-refractivity contribution in [3.63, 3.8) is 0 Å². The molecule has 0 radical (unpaired) electrons. The second kappa shape index (κ2) is 4.84. The summed E-state index contributed by atoms with van der Waals surface area (Å²) in [5, 5.41) is 2.07. The Labute approximate surface area is 93.9 Å². The van der Waals surface area contributed by atoms with E-state index in [0.29, 0.717) is 6.10 Å². The summed E-state index contributed by atoms with van der Waals surface area (Å²) in [5.41, 5.74) is 0. The monoisotopic (exact) mass is 211 g/mol. The lowest BCUT2D eigenvalue weighted by Crippen LogP contribution is -2.37. The zero-order chi connectivity index (χ0) is 10.8. The molecule has 1 heterocycles. The van der Waals surface area contributed by atoms with Gasteiger partial charge < -0.3 is 0 Å². The molecule has 2 rings (SSSR count). The molecule has 0 N–H and O–H groups in total. The molecule has 0 spiro atoms. The summed E-state index contributed by atoms with van der Waals surface area (Å²) in [6.07, 6.45) is 7.34. The molecule has 2 aliphatic rings. The summed E-state index contributed by atoms with van der Waals surface area (Å²) in [5.74, 6) is 2.55. The van der Waals surface area contributed by atoms with Gasteiger partial charge in [-0.05, 0) is 31.1 Å². The summed E-state index contributed by atoms with van der Waals surface area (Å²) >= 11 is 0. The van der Waals surface area contributed by atoms with E-state index in [0.717, 1.165) is 24.3 Å². The number of fused-ring (bicyclic) bond motifs is 1. The minimum absolute atomic E-state index is 0.536. The van der Waals surface area contributed by atoms with Gasteiger partial charge in [0.1, 0.15) is 0 Å². The van der Waals surface area contributed by atoms with E-state index < -0.39 is 0 Å². The van der Waals surface area contributed by atoms with Gasteiger partial charge in [-0.2, -0.15) is 5.06 Å². The molecular formula is C13H25NO. The quantitative estimate of drug-likeness (QED) is 0.711. The Kier molecular flexibility index (Phi) is 3.68. The lowest BCUT2D eigenvalue weighted by Gasteiger charge is -2.38. The standard InChI is InChI=1S/C13H25NO/c1-4-6-12-10(5-2)7-8-11-9-14(3)15-13(11)12/h10-13H,4-9H2,1-3H3. The van der Waals surface area contributed by atoms with E-state index in [1.807, 2.05) is 0 Å². The topological polar surface area (TPSA) is 12.5 Å². The first-order chi connectivity index (χ1) is 7.26. The van der Waals surface area contributed by atoms with Crippen molar-refractivity contribution in [1.82, 2.24) is 5.06 Å². The van der Waals surface area contributed by atoms with Gasteiger partial charge in [0.2, 0.25) is 0 Å². The van der Waals surface area contributed by atoms with Crippen LogP contribution in [0, 0.1) is 17.8 Å². The molecule has 1 aliphatic heterocycles. The highest BCUT2D eigenvalue weighted by Gasteiger charge is 2.43. The highest BCUT2D eigenvalue weighted by Crippen LogP contribution is 2.43. The van der Waals surface area contributed by atoms with Crippen LogP contribution < -0.4 is 0 Å². The van der Waals surface area contributed by atoms with E-state index in [9.17, 15) is 0 Å². The highest BCUT2D eigenvalue weighted by atomic mass is 16.7. The summed E-state index contributed by atoms with van der Waals surface area (Å²) in [6, 6.07) is 0. The first-order valence-electron chi connectivity index (χ1n) is 6.64. The minimum atomic E-state index is 0.536. The Morgan fingerprint density at radius 2 is 2.07 bits per heavy atom. The molecule has 2 nitrogen and oxygen atoms in total. The number of hydroxylamine groups is 2. The van der Waals surface area contributed by atoms with Crippen molar-refractivity contribution in [3.05, 3.63) is 0 Å². The Morgan fingerprint density at radius 3 is 2.73 bits per heavy atom. The summed E-state index contributed by atoms with van der Waals surface area (Å²) in [7, 11) is 2.09. The van der Waals surface area contributed by atoms with Gasteiger partial charge in [-0.25, -0.2) is 0 Å². The lowest BCUT2D eigenvalue weighted by atomic mass is 9.69. The fourth-order valence-corrected chi connectivity index (χ4v) is 3.60. The number of nitrogens with zero attached hydrogens (tertiary/aromatic N) is 1. The van der Waals surface area contributed by atoms with Crippen molar-refractivity contribution in [2.24, 2.45) is 17.8 Å². The largest absolute Gasteiger partial charge is 0.295 e. The van der Waals surface area contributed by atoms with Gasteiger partial charge in [0.25, 0.3) is 0 Å². The molecule has 4 atom stereocenters. The van der Waals surface area contributed by atoms with Crippen molar-refractivity contribution in [3.8, 4) is 0 Å². The van der Waals surface area contributed by atoms with Gasteiger partial charge in [-0.1, -0.05) is 26.7 Å². The smallest absolute Gasteiger partial charge is 0.0864 e. The van der Waals surface area contributed by atoms with Crippen LogP contribution in [-0.2, 0) is 4.84 Å². The van der Waals surface area contributed by atoms with E-state index in [-0.39, 0.29) is 0 Å². The fourth-order valence-electron chi connectivity index (χ4n) is 3.60. The molecule has 0 bridgehead atoms. The van der Waals surface area contributed by atoms with Crippen LogP contribution in [0.4, 0.5) is 0 Å². The van der Waals surface area contributed by atoms with Crippen LogP contribution in [0.2, 0.25) is 0 Å². The number of rotatable bonds is 3. The Morgan fingerprint density at radius 1 is 1.27 bits per heavy atom. The predicted molar refractivity (Wildman–Crippen MR) is 62.4 cm³/mol. The molecule has 1 saturated heterocycles. The van der Waals surface area contributed by atoms with Crippen LogP contribution in [0.1, 0.15) is 46.0 Å². The third-order valence-electron chi connectivity index (χ3n) is 4.34. The van der Waals surface area contributed by atoms with Crippen molar-refractivity contribution >= 4 is 0 Å². The van der Waals surface area contributed by atoms with Crippen LogP contribution >= 0.6 is 0 Å². The Hall–Kier alpha value is -0.0800. The molecule has 4 unspecified atom stereocenters. The van der Waals surface area contributed by atoms with Gasteiger partial charge in [0.15, 0.2) is 0 Å². The minimum Gasteiger partial charge on any atom is -0.295 e. The lowest BCUT2D eigenvalue weighted by molar-refractivity contribution is -0.158. The SMILES string of the molecule is CCCC1C(CC)CCC2CN(C)OC21. The normalized spacial score (nSPS) is 41.8. The van der Waals surface area contributed by atoms with E-state index in [1.54, 1.807) is 0 Å². The molecule has 0 aromatic rings. The van der Waals surface area contributed by atoms with Gasteiger partial charge in [-0.3, -0.25) is 4.84 Å². The zero-order valence-electron chi connectivity index (χ0n) is 10.4. The second-order valence-corrected chi connectivity index (χ2v) is 5.34. The van der Waals surface area contributed by atoms with E-state index in [2.05, 4.69) is 26.0 Å². The molecule has 1 saturated carbocycles.